The van der Waals surface area contributed by atoms with Crippen molar-refractivity contribution in [3.05, 3.63) is 95.6 Å². The van der Waals surface area contributed by atoms with Gasteiger partial charge in [0.15, 0.2) is 0 Å². The summed E-state index contributed by atoms with van der Waals surface area (Å²) >= 11 is 6.33. The Labute approximate surface area is 147 Å². The topological polar surface area (TPSA) is 0 Å². The van der Waals surface area contributed by atoms with Crippen LogP contribution in [-0.4, -0.2) is 0 Å². The van der Waals surface area contributed by atoms with Crippen molar-refractivity contribution in [1.82, 2.24) is 0 Å². The lowest BCUT2D eigenvalue weighted by Gasteiger charge is -2.21. The van der Waals surface area contributed by atoms with Crippen molar-refractivity contribution in [2.45, 2.75) is 18.7 Å². The lowest BCUT2D eigenvalue weighted by Crippen LogP contribution is -2.00. The Morgan fingerprint density at radius 2 is 1.12 bits per heavy atom. The van der Waals surface area contributed by atoms with Crippen molar-refractivity contribution in [2.75, 3.05) is 0 Å². The number of halogens is 1. The Morgan fingerprint density at radius 3 is 1.62 bits per heavy atom. The third-order valence-electron chi connectivity index (χ3n) is 4.95. The minimum atomic E-state index is 0.324. The fourth-order valence-corrected chi connectivity index (χ4v) is 4.06. The van der Waals surface area contributed by atoms with Crippen LogP contribution >= 0.6 is 11.6 Å². The summed E-state index contributed by atoms with van der Waals surface area (Å²) in [6.45, 7) is 2.30. The van der Waals surface area contributed by atoms with Crippen LogP contribution in [0.5, 0.6) is 0 Å². The Morgan fingerprint density at radius 1 is 0.667 bits per heavy atom. The summed E-state index contributed by atoms with van der Waals surface area (Å²) in [6, 6.07) is 28.0. The van der Waals surface area contributed by atoms with Crippen molar-refractivity contribution < 1.29 is 0 Å². The van der Waals surface area contributed by atoms with E-state index >= 15 is 0 Å². The van der Waals surface area contributed by atoms with Crippen molar-refractivity contribution in [3.63, 3.8) is 0 Å². The Hall–Kier alpha value is -2.31. The fraction of sp³-hybridized carbons (Fsp3) is 0.130. The minimum absolute atomic E-state index is 0.324. The van der Waals surface area contributed by atoms with Gasteiger partial charge in [-0.25, -0.2) is 0 Å². The molecule has 0 amide bonds. The van der Waals surface area contributed by atoms with Gasteiger partial charge in [0.1, 0.15) is 0 Å². The number of rotatable bonds is 3. The van der Waals surface area contributed by atoms with E-state index in [1.165, 1.54) is 38.2 Å². The molecular formula is C23H19Cl. The van der Waals surface area contributed by atoms with Crippen molar-refractivity contribution in [2.24, 2.45) is 0 Å². The largest absolute Gasteiger partial charge is 0.122 e. The van der Waals surface area contributed by atoms with Gasteiger partial charge in [0.2, 0.25) is 0 Å². The van der Waals surface area contributed by atoms with Crippen molar-refractivity contribution >= 4 is 33.1 Å². The average molecular weight is 331 g/mol. The molecule has 0 aromatic heterocycles. The highest BCUT2D eigenvalue weighted by molar-refractivity contribution is 6.20. The highest BCUT2D eigenvalue weighted by Gasteiger charge is 2.18. The fourth-order valence-electron chi connectivity index (χ4n) is 3.77. The second kappa shape index (κ2) is 6.30. The molecule has 4 rings (SSSR count). The van der Waals surface area contributed by atoms with Gasteiger partial charge in [0.05, 0.1) is 0 Å². The molecule has 0 saturated carbocycles. The van der Waals surface area contributed by atoms with E-state index < -0.39 is 0 Å². The molecule has 4 aromatic carbocycles. The minimum Gasteiger partial charge on any atom is -0.122 e. The Kier molecular flexibility index (Phi) is 4.00. The van der Waals surface area contributed by atoms with E-state index in [9.17, 15) is 0 Å². The van der Waals surface area contributed by atoms with E-state index in [4.69, 9.17) is 11.6 Å². The molecule has 0 saturated heterocycles. The van der Waals surface area contributed by atoms with E-state index in [0.29, 0.717) is 11.8 Å². The molecule has 4 aromatic rings. The second-order valence-electron chi connectivity index (χ2n) is 6.25. The molecular weight excluding hydrogens is 312 g/mol. The number of benzene rings is 4. The number of hydrogen-bond acceptors (Lipinski definition) is 0. The first-order chi connectivity index (χ1) is 11.8. The summed E-state index contributed by atoms with van der Waals surface area (Å²) in [5, 5.41) is 5.15. The molecule has 0 N–H and O–H groups in total. The van der Waals surface area contributed by atoms with Gasteiger partial charge in [0, 0.05) is 11.8 Å². The standard InChI is InChI=1S/C23H19Cl/c1-16(17-9-3-2-4-10-17)23-20-13-7-5-11-18(20)22(15-24)19-12-6-8-14-21(19)23/h2-14,16H,15H2,1H3. The van der Waals surface area contributed by atoms with E-state index in [0.717, 1.165) is 0 Å². The molecule has 24 heavy (non-hydrogen) atoms. The summed E-state index contributed by atoms with van der Waals surface area (Å²) in [4.78, 5) is 0. The highest BCUT2D eigenvalue weighted by Crippen LogP contribution is 2.39. The maximum absolute atomic E-state index is 6.33. The summed E-state index contributed by atoms with van der Waals surface area (Å²) in [7, 11) is 0. The average Bonchev–Trinajstić information content (AvgIpc) is 2.66. The molecule has 0 fully saturated rings. The van der Waals surface area contributed by atoms with Gasteiger partial charge in [-0.15, -0.1) is 11.6 Å². The maximum Gasteiger partial charge on any atom is 0.0486 e. The van der Waals surface area contributed by atoms with Gasteiger partial charge in [-0.3, -0.25) is 0 Å². The monoisotopic (exact) mass is 330 g/mol. The van der Waals surface area contributed by atoms with Crippen LogP contribution in [0.1, 0.15) is 29.5 Å². The maximum atomic E-state index is 6.33. The molecule has 0 aliphatic rings. The van der Waals surface area contributed by atoms with Gasteiger partial charge >= 0.3 is 0 Å². The van der Waals surface area contributed by atoms with Crippen LogP contribution in [-0.2, 0) is 5.88 Å². The van der Waals surface area contributed by atoms with E-state index in [-0.39, 0.29) is 0 Å². The number of hydrogen-bond donors (Lipinski definition) is 0. The van der Waals surface area contributed by atoms with Crippen LogP contribution in [0.2, 0.25) is 0 Å². The van der Waals surface area contributed by atoms with Crippen LogP contribution in [0.3, 0.4) is 0 Å². The molecule has 0 bridgehead atoms. The molecule has 0 aliphatic carbocycles. The Balaban J connectivity index is 2.13. The second-order valence-corrected chi connectivity index (χ2v) is 6.52. The first-order valence-electron chi connectivity index (χ1n) is 8.34. The molecule has 1 heteroatoms. The van der Waals surface area contributed by atoms with Crippen molar-refractivity contribution in [3.8, 4) is 0 Å². The molecule has 0 aliphatic heterocycles. The lowest BCUT2D eigenvalue weighted by atomic mass is 9.83. The summed E-state index contributed by atoms with van der Waals surface area (Å²) in [6.07, 6.45) is 0. The molecule has 0 heterocycles. The molecule has 0 nitrogen and oxygen atoms in total. The molecule has 0 radical (unpaired) electrons. The van der Waals surface area contributed by atoms with Crippen LogP contribution in [0, 0.1) is 0 Å². The summed E-state index contributed by atoms with van der Waals surface area (Å²) in [5.74, 6) is 0.853. The van der Waals surface area contributed by atoms with E-state index in [2.05, 4.69) is 85.8 Å². The molecule has 1 unspecified atom stereocenters. The predicted octanol–water partition coefficient (Wildman–Crippen LogP) is 6.88. The molecule has 1 atom stereocenters. The predicted molar refractivity (Wildman–Crippen MR) is 105 cm³/mol. The van der Waals surface area contributed by atoms with Gasteiger partial charge in [0.25, 0.3) is 0 Å². The number of alkyl halides is 1. The first kappa shape index (κ1) is 15.2. The van der Waals surface area contributed by atoms with Crippen molar-refractivity contribution in [1.29, 1.82) is 0 Å². The first-order valence-corrected chi connectivity index (χ1v) is 8.88. The third kappa shape index (κ3) is 2.39. The van der Waals surface area contributed by atoms with Gasteiger partial charge in [-0.1, -0.05) is 85.8 Å². The smallest absolute Gasteiger partial charge is 0.0486 e. The van der Waals surface area contributed by atoms with Crippen LogP contribution < -0.4 is 0 Å². The molecule has 0 spiro atoms. The van der Waals surface area contributed by atoms with Crippen LogP contribution in [0.4, 0.5) is 0 Å². The third-order valence-corrected chi connectivity index (χ3v) is 5.22. The van der Waals surface area contributed by atoms with Gasteiger partial charge in [-0.05, 0) is 38.2 Å². The quantitative estimate of drug-likeness (QED) is 0.283. The zero-order chi connectivity index (χ0) is 16.5. The normalized spacial score (nSPS) is 12.6. The Bertz CT molecular complexity index is 945. The highest BCUT2D eigenvalue weighted by atomic mass is 35.5. The zero-order valence-electron chi connectivity index (χ0n) is 13.7. The SMILES string of the molecule is CC(c1ccccc1)c1c2ccccc2c(CCl)c2ccccc12. The lowest BCUT2D eigenvalue weighted by molar-refractivity contribution is 0.942. The van der Waals surface area contributed by atoms with Crippen LogP contribution in [0.25, 0.3) is 21.5 Å². The number of fused-ring (bicyclic) bond motifs is 2. The van der Waals surface area contributed by atoms with Crippen LogP contribution in [0.15, 0.2) is 78.9 Å². The van der Waals surface area contributed by atoms with Gasteiger partial charge in [-0.2, -0.15) is 0 Å². The van der Waals surface area contributed by atoms with E-state index in [1.54, 1.807) is 0 Å². The van der Waals surface area contributed by atoms with Gasteiger partial charge < -0.3 is 0 Å². The summed E-state index contributed by atoms with van der Waals surface area (Å²) in [5.41, 5.74) is 3.96. The zero-order valence-corrected chi connectivity index (χ0v) is 14.4. The van der Waals surface area contributed by atoms with E-state index in [1.807, 2.05) is 0 Å². The summed E-state index contributed by atoms with van der Waals surface area (Å²) < 4.78 is 0. The molecule has 118 valence electrons.